The minimum atomic E-state index is -4.68. The minimum Gasteiger partial charge on any atom is -0.355 e. The first-order valence-electron chi connectivity index (χ1n) is 9.22. The molecule has 0 aromatic heterocycles. The van der Waals surface area contributed by atoms with E-state index in [1.54, 1.807) is 4.90 Å². The second-order valence-electron chi connectivity index (χ2n) is 7.14. The molecule has 8 heteroatoms. The molecule has 2 aromatic carbocycles. The summed E-state index contributed by atoms with van der Waals surface area (Å²) >= 11 is 0. The second kappa shape index (κ2) is 8.24. The number of hydrogen-bond donors (Lipinski definition) is 2. The zero-order chi connectivity index (χ0) is 21.1. The van der Waals surface area contributed by atoms with Crippen LogP contribution in [0, 0.1) is 5.41 Å². The van der Waals surface area contributed by atoms with Crippen molar-refractivity contribution in [3.8, 4) is 0 Å². The van der Waals surface area contributed by atoms with Gasteiger partial charge in [0.05, 0.1) is 0 Å². The van der Waals surface area contributed by atoms with Crippen LogP contribution in [0.1, 0.15) is 22.3 Å². The number of anilines is 1. The molecule has 0 saturated carbocycles. The van der Waals surface area contributed by atoms with E-state index in [2.05, 4.69) is 10.6 Å². The molecule has 2 aromatic rings. The highest BCUT2D eigenvalue weighted by Crippen LogP contribution is 2.46. The molecule has 3 rings (SSSR count). The number of nitrogens with zero attached hydrogens (tertiary/aromatic N) is 1. The molecular formula is C21H22F3N3O2. The van der Waals surface area contributed by atoms with E-state index in [1.165, 1.54) is 31.3 Å². The van der Waals surface area contributed by atoms with Gasteiger partial charge < -0.3 is 10.6 Å². The highest BCUT2D eigenvalue weighted by molar-refractivity contribution is 5.98. The standard InChI is InChI=1S/C21H22F3N3O2/c1-25-18(28)16-7-9-17(10-8-16)26-19(29)20(21(22,23)24)11-12-27(14-20)13-15-5-3-2-4-6-15/h2-10H,11-14H2,1H3,(H,25,28)(H,26,29). The predicted octanol–water partition coefficient (Wildman–Crippen LogP) is 3.44. The van der Waals surface area contributed by atoms with Gasteiger partial charge in [-0.25, -0.2) is 0 Å². The van der Waals surface area contributed by atoms with Crippen molar-refractivity contribution in [1.82, 2.24) is 10.2 Å². The Kier molecular flexibility index (Phi) is 5.93. The number of alkyl halides is 3. The minimum absolute atomic E-state index is 0.178. The Morgan fingerprint density at radius 1 is 1.07 bits per heavy atom. The van der Waals surface area contributed by atoms with E-state index in [0.717, 1.165) is 5.56 Å². The maximum Gasteiger partial charge on any atom is 0.404 e. The van der Waals surface area contributed by atoms with Crippen LogP contribution < -0.4 is 10.6 Å². The number of nitrogens with one attached hydrogen (secondary N) is 2. The normalized spacial score (nSPS) is 19.7. The SMILES string of the molecule is CNC(=O)c1ccc(NC(=O)C2(C(F)(F)F)CCN(Cc3ccccc3)C2)cc1. The largest absolute Gasteiger partial charge is 0.404 e. The van der Waals surface area contributed by atoms with Crippen LogP contribution >= 0.6 is 0 Å². The zero-order valence-corrected chi connectivity index (χ0v) is 15.9. The van der Waals surface area contributed by atoms with Gasteiger partial charge in [0, 0.05) is 31.4 Å². The van der Waals surface area contributed by atoms with Crippen molar-refractivity contribution in [3.63, 3.8) is 0 Å². The van der Waals surface area contributed by atoms with Crippen LogP contribution in [0.3, 0.4) is 0 Å². The Morgan fingerprint density at radius 3 is 2.31 bits per heavy atom. The van der Waals surface area contributed by atoms with Gasteiger partial charge in [0.25, 0.3) is 5.91 Å². The summed E-state index contributed by atoms with van der Waals surface area (Å²) in [7, 11) is 1.48. The zero-order valence-electron chi connectivity index (χ0n) is 15.9. The quantitative estimate of drug-likeness (QED) is 0.801. The molecule has 0 bridgehead atoms. The van der Waals surface area contributed by atoms with Crippen molar-refractivity contribution >= 4 is 17.5 Å². The molecule has 1 aliphatic heterocycles. The summed E-state index contributed by atoms with van der Waals surface area (Å²) in [6, 6.07) is 14.9. The first kappa shape index (κ1) is 20.9. The topological polar surface area (TPSA) is 61.4 Å². The van der Waals surface area contributed by atoms with Gasteiger partial charge >= 0.3 is 6.18 Å². The average Bonchev–Trinajstić information content (AvgIpc) is 3.14. The Labute approximate surface area is 166 Å². The number of rotatable bonds is 5. The van der Waals surface area contributed by atoms with Gasteiger partial charge in [-0.05, 0) is 42.8 Å². The van der Waals surface area contributed by atoms with E-state index in [-0.39, 0.29) is 24.6 Å². The summed E-state index contributed by atoms with van der Waals surface area (Å²) in [5, 5.41) is 4.84. The summed E-state index contributed by atoms with van der Waals surface area (Å²) in [4.78, 5) is 25.9. The van der Waals surface area contributed by atoms with E-state index in [0.29, 0.717) is 12.1 Å². The van der Waals surface area contributed by atoms with Gasteiger partial charge in [0.15, 0.2) is 5.41 Å². The van der Waals surface area contributed by atoms with Gasteiger partial charge in [-0.2, -0.15) is 13.2 Å². The molecule has 0 radical (unpaired) electrons. The first-order chi connectivity index (χ1) is 13.7. The van der Waals surface area contributed by atoms with Gasteiger partial charge in [0.1, 0.15) is 0 Å². The molecule has 1 fully saturated rings. The van der Waals surface area contributed by atoms with Crippen molar-refractivity contribution in [2.24, 2.45) is 5.41 Å². The van der Waals surface area contributed by atoms with Crippen molar-refractivity contribution in [2.75, 3.05) is 25.5 Å². The summed E-state index contributed by atoms with van der Waals surface area (Å²) in [6.45, 7) is 0.137. The molecule has 1 aliphatic rings. The molecule has 29 heavy (non-hydrogen) atoms. The van der Waals surface area contributed by atoms with Crippen molar-refractivity contribution in [2.45, 2.75) is 19.1 Å². The number of benzene rings is 2. The first-order valence-corrected chi connectivity index (χ1v) is 9.22. The lowest BCUT2D eigenvalue weighted by Crippen LogP contribution is -2.49. The molecule has 1 saturated heterocycles. The molecule has 2 N–H and O–H groups in total. The molecule has 1 unspecified atom stereocenters. The molecule has 5 nitrogen and oxygen atoms in total. The molecule has 0 aliphatic carbocycles. The molecule has 2 amide bonds. The van der Waals surface area contributed by atoms with Gasteiger partial charge in [-0.3, -0.25) is 14.5 Å². The number of carbonyl (C=O) groups is 2. The summed E-state index contributed by atoms with van der Waals surface area (Å²) in [5.41, 5.74) is -1.00. The van der Waals surface area contributed by atoms with E-state index in [1.807, 2.05) is 30.3 Å². The number of carbonyl (C=O) groups excluding carboxylic acids is 2. The Bertz CT molecular complexity index is 869. The van der Waals surface area contributed by atoms with Crippen LogP contribution in [0.15, 0.2) is 54.6 Å². The Balaban J connectivity index is 1.75. The highest BCUT2D eigenvalue weighted by Gasteiger charge is 2.62. The third-order valence-electron chi connectivity index (χ3n) is 5.21. The van der Waals surface area contributed by atoms with Crippen LogP contribution in [0.5, 0.6) is 0 Å². The van der Waals surface area contributed by atoms with Crippen molar-refractivity contribution in [3.05, 3.63) is 65.7 Å². The van der Waals surface area contributed by atoms with Crippen LogP contribution in [0.4, 0.5) is 18.9 Å². The van der Waals surface area contributed by atoms with Gasteiger partial charge in [-0.1, -0.05) is 30.3 Å². The monoisotopic (exact) mass is 405 g/mol. The lowest BCUT2D eigenvalue weighted by Gasteiger charge is -2.30. The Morgan fingerprint density at radius 2 is 1.72 bits per heavy atom. The fourth-order valence-electron chi connectivity index (χ4n) is 3.51. The summed E-state index contributed by atoms with van der Waals surface area (Å²) < 4.78 is 41.9. The average molecular weight is 405 g/mol. The second-order valence-corrected chi connectivity index (χ2v) is 7.14. The molecular weight excluding hydrogens is 383 g/mol. The van der Waals surface area contributed by atoms with Crippen LogP contribution in [-0.4, -0.2) is 43.0 Å². The van der Waals surface area contributed by atoms with Crippen LogP contribution in [0.2, 0.25) is 0 Å². The lowest BCUT2D eigenvalue weighted by atomic mass is 9.85. The van der Waals surface area contributed by atoms with Crippen LogP contribution in [0.25, 0.3) is 0 Å². The van der Waals surface area contributed by atoms with E-state index < -0.39 is 24.0 Å². The lowest BCUT2D eigenvalue weighted by molar-refractivity contribution is -0.215. The Hall–Kier alpha value is -2.87. The predicted molar refractivity (Wildman–Crippen MR) is 103 cm³/mol. The van der Waals surface area contributed by atoms with E-state index in [9.17, 15) is 22.8 Å². The molecule has 1 heterocycles. The van der Waals surface area contributed by atoms with Crippen molar-refractivity contribution < 1.29 is 22.8 Å². The van der Waals surface area contributed by atoms with Crippen molar-refractivity contribution in [1.29, 1.82) is 0 Å². The third-order valence-corrected chi connectivity index (χ3v) is 5.21. The number of halogens is 3. The van der Waals surface area contributed by atoms with Gasteiger partial charge in [0.2, 0.25) is 5.91 Å². The highest BCUT2D eigenvalue weighted by atomic mass is 19.4. The van der Waals surface area contributed by atoms with Crippen LogP contribution in [-0.2, 0) is 11.3 Å². The van der Waals surface area contributed by atoms with Gasteiger partial charge in [-0.15, -0.1) is 0 Å². The fourth-order valence-corrected chi connectivity index (χ4v) is 3.51. The number of hydrogen-bond acceptors (Lipinski definition) is 3. The smallest absolute Gasteiger partial charge is 0.355 e. The third kappa shape index (κ3) is 4.42. The van der Waals surface area contributed by atoms with E-state index >= 15 is 0 Å². The number of amides is 2. The van der Waals surface area contributed by atoms with E-state index in [4.69, 9.17) is 0 Å². The molecule has 154 valence electrons. The maximum absolute atomic E-state index is 14.0. The number of likely N-dealkylation sites (tertiary alicyclic amines) is 1. The molecule has 0 spiro atoms. The fraction of sp³-hybridized carbons (Fsp3) is 0.333. The maximum atomic E-state index is 14.0. The molecule has 1 atom stereocenters. The summed E-state index contributed by atoms with van der Waals surface area (Å²) in [6.07, 6.45) is -4.98. The summed E-state index contributed by atoms with van der Waals surface area (Å²) in [5.74, 6) is -1.39.